The molecule has 0 bridgehead atoms. The van der Waals surface area contributed by atoms with E-state index in [1.165, 1.54) is 108 Å². The van der Waals surface area contributed by atoms with Crippen molar-refractivity contribution in [2.24, 2.45) is 11.3 Å². The zero-order chi connectivity index (χ0) is 55.1. The second kappa shape index (κ2) is 16.9. The van der Waals surface area contributed by atoms with E-state index < -0.39 is 0 Å². The van der Waals surface area contributed by atoms with Crippen molar-refractivity contribution in [2.75, 3.05) is 14.7 Å². The highest BCUT2D eigenvalue weighted by Gasteiger charge is 2.51. The van der Waals surface area contributed by atoms with Gasteiger partial charge in [-0.05, 0) is 186 Å². The summed E-state index contributed by atoms with van der Waals surface area (Å²) in [5, 5.41) is 1.17. The van der Waals surface area contributed by atoms with E-state index >= 15 is 0 Å². The van der Waals surface area contributed by atoms with Crippen molar-refractivity contribution in [1.29, 1.82) is 0 Å². The molecule has 77 heavy (non-hydrogen) atoms. The SMILES string of the molecule is CC(C)(C)c1ccc(N2c3cc4c(cc3B3c5oc6ccc(C(C)(C)C)cc6c5N(c5ccc(C(C)(C)C)cc5)c5cc(N6c7ccc(C(C)(C)C)cc7C7CC(C(C)(C)C)CCC76)cc2c53)C(C)(C)CCC4(C)C)cc1. The van der Waals surface area contributed by atoms with Gasteiger partial charge in [0.15, 0.2) is 0 Å². The van der Waals surface area contributed by atoms with Crippen LogP contribution in [0.15, 0.2) is 114 Å². The molecule has 3 atom stereocenters. The Hall–Kier alpha value is -5.68. The molecule has 0 saturated heterocycles. The summed E-state index contributed by atoms with van der Waals surface area (Å²) in [4.78, 5) is 8.13. The summed E-state index contributed by atoms with van der Waals surface area (Å²) >= 11 is 0. The zero-order valence-electron chi connectivity index (χ0n) is 50.5. The molecule has 1 aromatic heterocycles. The molecule has 1 fully saturated rings. The summed E-state index contributed by atoms with van der Waals surface area (Å²) in [6.07, 6.45) is 5.89. The lowest BCUT2D eigenvalue weighted by Crippen LogP contribution is -2.61. The fraction of sp³-hybridized carbons (Fsp3) is 0.472. The van der Waals surface area contributed by atoms with Gasteiger partial charge in [-0.3, -0.25) is 0 Å². The molecule has 6 aromatic carbocycles. The lowest BCUT2D eigenvalue weighted by atomic mass is 9.35. The number of fused-ring (bicyclic) bond motifs is 10. The molecular weight excluding hydrogens is 934 g/mol. The average molecular weight is 1020 g/mol. The van der Waals surface area contributed by atoms with Gasteiger partial charge in [0.05, 0.1) is 11.3 Å². The normalized spacial score (nSPS) is 20.6. The molecule has 0 amide bonds. The molecule has 2 aliphatic carbocycles. The molecule has 4 heterocycles. The Labute approximate surface area is 464 Å². The third kappa shape index (κ3) is 8.35. The minimum Gasteiger partial charge on any atom is -0.468 e. The summed E-state index contributed by atoms with van der Waals surface area (Å²) in [6.45, 7) is 45.3. The number of furan rings is 1. The van der Waals surface area contributed by atoms with Crippen LogP contribution in [0.5, 0.6) is 0 Å². The van der Waals surface area contributed by atoms with E-state index in [4.69, 9.17) is 4.42 Å². The Kier molecular flexibility index (Phi) is 11.4. The topological polar surface area (TPSA) is 22.9 Å². The first-order valence-electron chi connectivity index (χ1n) is 29.5. The number of hydrogen-bond acceptors (Lipinski definition) is 4. The van der Waals surface area contributed by atoms with Gasteiger partial charge in [0.2, 0.25) is 0 Å². The van der Waals surface area contributed by atoms with Crippen LogP contribution in [-0.4, -0.2) is 12.8 Å². The molecule has 12 rings (SSSR count). The highest BCUT2D eigenvalue weighted by atomic mass is 16.3. The number of nitrogens with zero attached hydrogens (tertiary/aromatic N) is 3. The zero-order valence-corrected chi connectivity index (χ0v) is 50.5. The highest BCUT2D eigenvalue weighted by Crippen LogP contribution is 2.58. The van der Waals surface area contributed by atoms with Gasteiger partial charge in [0.25, 0.3) is 6.71 Å². The second-order valence-corrected chi connectivity index (χ2v) is 31.0. The first-order chi connectivity index (χ1) is 35.8. The predicted octanol–water partition coefficient (Wildman–Crippen LogP) is 18.5. The van der Waals surface area contributed by atoms with E-state index in [1.807, 2.05) is 0 Å². The van der Waals surface area contributed by atoms with Gasteiger partial charge in [0.1, 0.15) is 5.58 Å². The molecule has 5 aliphatic rings. The maximum absolute atomic E-state index is 7.58. The van der Waals surface area contributed by atoms with Gasteiger partial charge in [-0.1, -0.05) is 180 Å². The van der Waals surface area contributed by atoms with Crippen molar-refractivity contribution in [3.63, 3.8) is 0 Å². The number of benzene rings is 6. The molecular formula is C72H88BN3O. The van der Waals surface area contributed by atoms with E-state index in [0.717, 1.165) is 36.2 Å². The molecule has 0 N–H and O–H groups in total. The van der Waals surface area contributed by atoms with Gasteiger partial charge in [-0.15, -0.1) is 0 Å². The lowest BCUT2D eigenvalue weighted by Gasteiger charge is -2.47. The third-order valence-electron chi connectivity index (χ3n) is 19.7. The molecule has 0 spiro atoms. The van der Waals surface area contributed by atoms with Gasteiger partial charge in [-0.25, -0.2) is 0 Å². The molecule has 0 radical (unpaired) electrons. The van der Waals surface area contributed by atoms with Gasteiger partial charge < -0.3 is 19.1 Å². The fourth-order valence-electron chi connectivity index (χ4n) is 14.5. The van der Waals surface area contributed by atoms with Crippen molar-refractivity contribution in [3.05, 3.63) is 148 Å². The summed E-state index contributed by atoms with van der Waals surface area (Å²) in [5.41, 5.74) is 24.7. The fourth-order valence-corrected chi connectivity index (χ4v) is 14.5. The first-order valence-corrected chi connectivity index (χ1v) is 29.5. The molecule has 7 aromatic rings. The summed E-state index contributed by atoms with van der Waals surface area (Å²) < 4.78 is 7.58. The number of hydrogen-bond donors (Lipinski definition) is 0. The van der Waals surface area contributed by atoms with E-state index in [9.17, 15) is 0 Å². The summed E-state index contributed by atoms with van der Waals surface area (Å²) in [5.74, 6) is 1.09. The Morgan fingerprint density at radius 1 is 0.494 bits per heavy atom. The standard InChI is InChI=1S/C72H88BN3O/c1-66(2,3)43-20-27-48(28-21-43)74-59-42-55-54(71(16,17)34-35-72(55,18)19)41-56(59)73-63-60(74)39-50(75-57-31-24-45(68(7,8)9)36-51(57)52-37-46(69(10,11)12)25-32-58(52)75)40-61(63)76(49-29-22-44(23-30-49)67(4,5)6)64-53-38-47(70(13,14)15)26-33-62(53)77-65(64)73/h20-24,26-31,33,36,38-42,46,52,58H,25,32,34-35,37H2,1-19H3. The van der Waals surface area contributed by atoms with E-state index in [0.29, 0.717) is 17.9 Å². The minimum atomic E-state index is -0.152. The van der Waals surface area contributed by atoms with Crippen molar-refractivity contribution in [3.8, 4) is 0 Å². The Balaban J connectivity index is 1.21. The van der Waals surface area contributed by atoms with Crippen LogP contribution in [0.1, 0.15) is 209 Å². The molecule has 3 unspecified atom stereocenters. The highest BCUT2D eigenvalue weighted by molar-refractivity contribution is 7.00. The predicted molar refractivity (Wildman–Crippen MR) is 332 cm³/mol. The summed E-state index contributed by atoms with van der Waals surface area (Å²) in [7, 11) is 0. The van der Waals surface area contributed by atoms with Crippen molar-refractivity contribution >= 4 is 79.8 Å². The quantitative estimate of drug-likeness (QED) is 0.165. The molecule has 5 heteroatoms. The largest absolute Gasteiger partial charge is 0.468 e. The van der Waals surface area contributed by atoms with Crippen LogP contribution in [-0.2, 0) is 32.5 Å². The smallest absolute Gasteiger partial charge is 0.297 e. The van der Waals surface area contributed by atoms with Crippen LogP contribution in [0.25, 0.3) is 11.0 Å². The van der Waals surface area contributed by atoms with Gasteiger partial charge in [0, 0.05) is 57.2 Å². The van der Waals surface area contributed by atoms with Crippen LogP contribution in [0, 0.1) is 11.3 Å². The van der Waals surface area contributed by atoms with E-state index in [2.05, 4.69) is 255 Å². The van der Waals surface area contributed by atoms with Gasteiger partial charge >= 0.3 is 0 Å². The van der Waals surface area contributed by atoms with Crippen LogP contribution in [0.3, 0.4) is 0 Å². The minimum absolute atomic E-state index is 0.00643. The average Bonchev–Trinajstić information content (AvgIpc) is 4.05. The molecule has 3 aliphatic heterocycles. The third-order valence-corrected chi connectivity index (χ3v) is 19.7. The van der Waals surface area contributed by atoms with Crippen LogP contribution in [0.2, 0.25) is 0 Å². The Morgan fingerprint density at radius 2 is 1.00 bits per heavy atom. The van der Waals surface area contributed by atoms with Crippen LogP contribution in [0.4, 0.5) is 45.5 Å². The molecule has 400 valence electrons. The maximum atomic E-state index is 7.58. The Bertz CT molecular complexity index is 3500. The van der Waals surface area contributed by atoms with Crippen LogP contribution >= 0.6 is 0 Å². The summed E-state index contributed by atoms with van der Waals surface area (Å²) in [6, 6.07) is 44.6. The molecule has 1 saturated carbocycles. The van der Waals surface area contributed by atoms with E-state index in [1.54, 1.807) is 0 Å². The lowest BCUT2D eigenvalue weighted by molar-refractivity contribution is 0.158. The second-order valence-electron chi connectivity index (χ2n) is 31.0. The van der Waals surface area contributed by atoms with Crippen molar-refractivity contribution in [2.45, 2.75) is 208 Å². The van der Waals surface area contributed by atoms with Crippen molar-refractivity contribution < 1.29 is 4.42 Å². The number of anilines is 8. The maximum Gasteiger partial charge on any atom is 0.297 e. The van der Waals surface area contributed by atoms with E-state index in [-0.39, 0.29) is 44.6 Å². The number of rotatable bonds is 3. The van der Waals surface area contributed by atoms with Crippen LogP contribution < -0.4 is 31.3 Å². The Morgan fingerprint density at radius 3 is 1.56 bits per heavy atom. The van der Waals surface area contributed by atoms with Crippen molar-refractivity contribution in [1.82, 2.24) is 0 Å². The van der Waals surface area contributed by atoms with Gasteiger partial charge in [-0.2, -0.15) is 0 Å². The molecule has 4 nitrogen and oxygen atoms in total. The first kappa shape index (κ1) is 52.0. The monoisotopic (exact) mass is 1020 g/mol.